The number of hydrogen-bond acceptors (Lipinski definition) is 2. The zero-order chi connectivity index (χ0) is 16.2. The van der Waals surface area contributed by atoms with Crippen molar-refractivity contribution < 1.29 is 9.90 Å². The predicted molar refractivity (Wildman–Crippen MR) is 88.7 cm³/mol. The quantitative estimate of drug-likeness (QED) is 0.757. The summed E-state index contributed by atoms with van der Waals surface area (Å²) < 4.78 is 0. The fourth-order valence-electron chi connectivity index (χ4n) is 2.47. The van der Waals surface area contributed by atoms with Gasteiger partial charge in [0.2, 0.25) is 0 Å². The monoisotopic (exact) mass is 304 g/mol. The lowest BCUT2D eigenvalue weighted by Gasteiger charge is -2.32. The Hall–Kier alpha value is -1.55. The van der Waals surface area contributed by atoms with Crippen LogP contribution in [0.2, 0.25) is 0 Å². The fraction of sp³-hybridized carbons (Fsp3) is 0.611. The van der Waals surface area contributed by atoms with Gasteiger partial charge < -0.3 is 15.7 Å². The number of hydrogen-bond donors (Lipinski definition) is 3. The average Bonchev–Trinajstić information content (AvgIpc) is 3.25. The van der Waals surface area contributed by atoms with Crippen LogP contribution in [0.4, 0.5) is 4.79 Å². The molecule has 1 fully saturated rings. The lowest BCUT2D eigenvalue weighted by Crippen LogP contribution is -2.50. The molecule has 0 aromatic heterocycles. The van der Waals surface area contributed by atoms with Gasteiger partial charge in [-0.3, -0.25) is 0 Å². The number of aliphatic hydroxyl groups is 1. The van der Waals surface area contributed by atoms with Gasteiger partial charge in [0.25, 0.3) is 0 Å². The number of amides is 2. The second-order valence-corrected chi connectivity index (χ2v) is 7.59. The molecule has 1 aliphatic rings. The van der Waals surface area contributed by atoms with Gasteiger partial charge in [-0.15, -0.1) is 0 Å². The van der Waals surface area contributed by atoms with E-state index < -0.39 is 0 Å². The van der Waals surface area contributed by atoms with E-state index in [4.69, 9.17) is 0 Å². The first-order valence-electron chi connectivity index (χ1n) is 8.04. The first-order valence-corrected chi connectivity index (χ1v) is 8.04. The Morgan fingerprint density at radius 2 is 1.91 bits per heavy atom. The van der Waals surface area contributed by atoms with Gasteiger partial charge in [0.05, 0.1) is 6.61 Å². The van der Waals surface area contributed by atoms with Crippen molar-refractivity contribution in [2.24, 2.45) is 10.8 Å². The Balaban J connectivity index is 1.90. The van der Waals surface area contributed by atoms with Crippen LogP contribution in [0.3, 0.4) is 0 Å². The topological polar surface area (TPSA) is 61.4 Å². The van der Waals surface area contributed by atoms with Crippen molar-refractivity contribution in [2.45, 2.75) is 46.1 Å². The summed E-state index contributed by atoms with van der Waals surface area (Å²) in [7, 11) is 0. The number of rotatable bonds is 6. The number of carbonyl (C=O) groups excluding carboxylic acids is 1. The smallest absolute Gasteiger partial charge is 0.315 e. The third-order valence-corrected chi connectivity index (χ3v) is 4.55. The van der Waals surface area contributed by atoms with Gasteiger partial charge in [-0.05, 0) is 30.2 Å². The minimum Gasteiger partial charge on any atom is -0.396 e. The molecule has 122 valence electrons. The summed E-state index contributed by atoms with van der Waals surface area (Å²) in [5, 5.41) is 15.3. The molecule has 1 aliphatic carbocycles. The van der Waals surface area contributed by atoms with Crippen LogP contribution in [-0.2, 0) is 6.42 Å². The second kappa shape index (κ2) is 6.69. The number of carbonyl (C=O) groups is 1. The van der Waals surface area contributed by atoms with Crippen LogP contribution in [-0.4, -0.2) is 30.3 Å². The van der Waals surface area contributed by atoms with E-state index >= 15 is 0 Å². The molecular formula is C18H28N2O2. The van der Waals surface area contributed by atoms with E-state index in [1.807, 2.05) is 18.2 Å². The van der Waals surface area contributed by atoms with Crippen molar-refractivity contribution in [3.8, 4) is 0 Å². The molecule has 0 heterocycles. The average molecular weight is 304 g/mol. The first kappa shape index (κ1) is 16.8. The highest BCUT2D eigenvalue weighted by molar-refractivity contribution is 5.74. The Morgan fingerprint density at radius 3 is 2.41 bits per heavy atom. The summed E-state index contributed by atoms with van der Waals surface area (Å²) in [6, 6.07) is 10.1. The van der Waals surface area contributed by atoms with Gasteiger partial charge in [0.1, 0.15) is 0 Å². The lowest BCUT2D eigenvalue weighted by molar-refractivity contribution is 0.196. The zero-order valence-corrected chi connectivity index (χ0v) is 13.9. The SMILES string of the molecule is CC(C)(C)C(Cc1ccccc1)NC(=O)NCC1(CO)CC1. The van der Waals surface area contributed by atoms with Crippen molar-refractivity contribution in [1.29, 1.82) is 0 Å². The molecule has 1 unspecified atom stereocenters. The number of urea groups is 1. The van der Waals surface area contributed by atoms with E-state index in [9.17, 15) is 9.90 Å². The van der Waals surface area contributed by atoms with Crippen LogP contribution in [0.15, 0.2) is 30.3 Å². The molecule has 0 saturated heterocycles. The molecule has 1 aromatic carbocycles. The molecule has 1 aromatic rings. The van der Waals surface area contributed by atoms with Crippen LogP contribution in [0.5, 0.6) is 0 Å². The fourth-order valence-corrected chi connectivity index (χ4v) is 2.47. The van der Waals surface area contributed by atoms with Gasteiger partial charge in [0, 0.05) is 18.0 Å². The van der Waals surface area contributed by atoms with E-state index in [0.29, 0.717) is 6.54 Å². The minimum atomic E-state index is -0.143. The van der Waals surface area contributed by atoms with E-state index in [-0.39, 0.29) is 29.5 Å². The molecule has 2 rings (SSSR count). The number of nitrogens with one attached hydrogen (secondary N) is 2. The first-order chi connectivity index (χ1) is 10.3. The summed E-state index contributed by atoms with van der Waals surface area (Å²) >= 11 is 0. The molecule has 0 aliphatic heterocycles. The maximum absolute atomic E-state index is 12.2. The third-order valence-electron chi connectivity index (χ3n) is 4.55. The maximum atomic E-state index is 12.2. The van der Waals surface area contributed by atoms with Crippen molar-refractivity contribution in [1.82, 2.24) is 10.6 Å². The Kier molecular flexibility index (Phi) is 5.12. The largest absolute Gasteiger partial charge is 0.396 e. The Bertz CT molecular complexity index is 490. The second-order valence-electron chi connectivity index (χ2n) is 7.59. The number of aliphatic hydroxyl groups excluding tert-OH is 1. The van der Waals surface area contributed by atoms with Crippen LogP contribution in [0.25, 0.3) is 0 Å². The molecule has 0 bridgehead atoms. The zero-order valence-electron chi connectivity index (χ0n) is 13.9. The van der Waals surface area contributed by atoms with Gasteiger partial charge in [-0.1, -0.05) is 51.1 Å². The Labute approximate surface area is 133 Å². The van der Waals surface area contributed by atoms with Crippen LogP contribution < -0.4 is 10.6 Å². The van der Waals surface area contributed by atoms with Crippen LogP contribution >= 0.6 is 0 Å². The van der Waals surface area contributed by atoms with E-state index in [2.05, 4.69) is 43.5 Å². The van der Waals surface area contributed by atoms with E-state index in [1.54, 1.807) is 0 Å². The summed E-state index contributed by atoms with van der Waals surface area (Å²) in [6.07, 6.45) is 2.80. The highest BCUT2D eigenvalue weighted by Gasteiger charge is 2.42. The summed E-state index contributed by atoms with van der Waals surface area (Å²) in [5.41, 5.74) is 1.13. The molecule has 2 amide bonds. The molecule has 1 saturated carbocycles. The van der Waals surface area contributed by atoms with Crippen molar-refractivity contribution in [2.75, 3.05) is 13.2 Å². The minimum absolute atomic E-state index is 0.0264. The van der Waals surface area contributed by atoms with Crippen molar-refractivity contribution >= 4 is 6.03 Å². The van der Waals surface area contributed by atoms with Gasteiger partial charge in [-0.25, -0.2) is 4.79 Å². The van der Waals surface area contributed by atoms with Crippen molar-refractivity contribution in [3.63, 3.8) is 0 Å². The molecule has 4 nitrogen and oxygen atoms in total. The van der Waals surface area contributed by atoms with E-state index in [1.165, 1.54) is 5.56 Å². The molecular weight excluding hydrogens is 276 g/mol. The molecule has 0 radical (unpaired) electrons. The summed E-state index contributed by atoms with van der Waals surface area (Å²) in [6.45, 7) is 7.11. The molecule has 4 heteroatoms. The van der Waals surface area contributed by atoms with Crippen LogP contribution in [0.1, 0.15) is 39.2 Å². The normalized spacial score (nSPS) is 17.6. The standard InChI is InChI=1S/C18H28N2O2/c1-17(2,3)15(11-14-7-5-4-6-8-14)20-16(22)19-12-18(13-21)9-10-18/h4-8,15,21H,9-13H2,1-3H3,(H2,19,20,22). The van der Waals surface area contributed by atoms with Gasteiger partial charge >= 0.3 is 6.03 Å². The molecule has 22 heavy (non-hydrogen) atoms. The van der Waals surface area contributed by atoms with Gasteiger partial charge in [0.15, 0.2) is 0 Å². The van der Waals surface area contributed by atoms with Gasteiger partial charge in [-0.2, -0.15) is 0 Å². The van der Waals surface area contributed by atoms with Crippen LogP contribution in [0, 0.1) is 10.8 Å². The molecule has 1 atom stereocenters. The van der Waals surface area contributed by atoms with E-state index in [0.717, 1.165) is 19.3 Å². The van der Waals surface area contributed by atoms with Crippen molar-refractivity contribution in [3.05, 3.63) is 35.9 Å². The third kappa shape index (κ3) is 4.73. The lowest BCUT2D eigenvalue weighted by atomic mass is 9.83. The summed E-state index contributed by atoms with van der Waals surface area (Å²) in [4.78, 5) is 12.2. The summed E-state index contributed by atoms with van der Waals surface area (Å²) in [5.74, 6) is 0. The highest BCUT2D eigenvalue weighted by Crippen LogP contribution is 2.44. The maximum Gasteiger partial charge on any atom is 0.315 e. The Morgan fingerprint density at radius 1 is 1.27 bits per heavy atom. The predicted octanol–water partition coefficient (Wildman–Crippen LogP) is 2.72. The number of benzene rings is 1. The highest BCUT2D eigenvalue weighted by atomic mass is 16.3. The molecule has 0 spiro atoms. The molecule has 3 N–H and O–H groups in total.